The van der Waals surface area contributed by atoms with Gasteiger partial charge in [0.1, 0.15) is 0 Å². The van der Waals surface area contributed by atoms with Crippen LogP contribution in [0.1, 0.15) is 31.9 Å². The van der Waals surface area contributed by atoms with Crippen LogP contribution in [0.3, 0.4) is 0 Å². The normalized spacial score (nSPS) is 11.8. The zero-order valence-corrected chi connectivity index (χ0v) is 16.1. The first kappa shape index (κ1) is 17.6. The van der Waals surface area contributed by atoms with Gasteiger partial charge in [0.15, 0.2) is 5.13 Å². The number of amides is 1. The SMILES string of the molecule is CC(C)(C)c1ccc(C=CC(=O)Nc2nc(-c3cccs3)cs2)cc1. The molecule has 3 nitrogen and oxygen atoms in total. The molecular weight excluding hydrogens is 348 g/mol. The van der Waals surface area contributed by atoms with Gasteiger partial charge in [0, 0.05) is 11.5 Å². The van der Waals surface area contributed by atoms with Gasteiger partial charge in [0.25, 0.3) is 0 Å². The molecule has 1 amide bonds. The largest absolute Gasteiger partial charge is 0.298 e. The van der Waals surface area contributed by atoms with Crippen LogP contribution in [0.15, 0.2) is 53.2 Å². The number of nitrogens with one attached hydrogen (secondary N) is 1. The number of anilines is 1. The summed E-state index contributed by atoms with van der Waals surface area (Å²) in [6.45, 7) is 6.55. The number of benzene rings is 1. The van der Waals surface area contributed by atoms with E-state index in [1.165, 1.54) is 23.0 Å². The summed E-state index contributed by atoms with van der Waals surface area (Å²) in [4.78, 5) is 17.6. The van der Waals surface area contributed by atoms with Gasteiger partial charge in [-0.2, -0.15) is 0 Å². The highest BCUT2D eigenvalue weighted by Gasteiger charge is 2.12. The van der Waals surface area contributed by atoms with E-state index in [-0.39, 0.29) is 11.3 Å². The summed E-state index contributed by atoms with van der Waals surface area (Å²) in [5.41, 5.74) is 3.31. The van der Waals surface area contributed by atoms with Gasteiger partial charge in [0.05, 0.1) is 10.6 Å². The van der Waals surface area contributed by atoms with Gasteiger partial charge in [0.2, 0.25) is 5.91 Å². The molecule has 0 aliphatic carbocycles. The van der Waals surface area contributed by atoms with Crippen molar-refractivity contribution in [3.05, 3.63) is 64.4 Å². The molecule has 0 atom stereocenters. The number of nitrogens with zero attached hydrogens (tertiary/aromatic N) is 1. The van der Waals surface area contributed by atoms with Crippen LogP contribution in [-0.2, 0) is 10.2 Å². The molecule has 0 unspecified atom stereocenters. The Bertz CT molecular complexity index is 869. The first-order valence-electron chi connectivity index (χ1n) is 8.01. The van der Waals surface area contributed by atoms with E-state index in [0.717, 1.165) is 16.1 Å². The molecule has 3 aromatic rings. The minimum Gasteiger partial charge on any atom is -0.298 e. The van der Waals surface area contributed by atoms with Gasteiger partial charge < -0.3 is 0 Å². The highest BCUT2D eigenvalue weighted by Crippen LogP contribution is 2.28. The van der Waals surface area contributed by atoms with Gasteiger partial charge >= 0.3 is 0 Å². The van der Waals surface area contributed by atoms with Crippen LogP contribution >= 0.6 is 22.7 Å². The maximum Gasteiger partial charge on any atom is 0.250 e. The quantitative estimate of drug-likeness (QED) is 0.590. The molecule has 0 saturated carbocycles. The molecule has 2 aromatic heterocycles. The average molecular weight is 369 g/mol. The number of hydrogen-bond acceptors (Lipinski definition) is 4. The monoisotopic (exact) mass is 368 g/mol. The minimum absolute atomic E-state index is 0.130. The van der Waals surface area contributed by atoms with Gasteiger partial charge in [-0.3, -0.25) is 10.1 Å². The lowest BCUT2D eigenvalue weighted by atomic mass is 9.87. The average Bonchev–Trinajstić information content (AvgIpc) is 3.23. The molecule has 3 rings (SSSR count). The fraction of sp³-hybridized carbons (Fsp3) is 0.200. The highest BCUT2D eigenvalue weighted by atomic mass is 32.1. The van der Waals surface area contributed by atoms with E-state index in [1.807, 2.05) is 41.1 Å². The third-order valence-corrected chi connectivity index (χ3v) is 5.36. The maximum absolute atomic E-state index is 12.1. The first-order chi connectivity index (χ1) is 11.9. The summed E-state index contributed by atoms with van der Waals surface area (Å²) >= 11 is 3.07. The Morgan fingerprint density at radius 3 is 2.52 bits per heavy atom. The van der Waals surface area contributed by atoms with Crippen molar-refractivity contribution in [1.82, 2.24) is 4.98 Å². The molecule has 0 bridgehead atoms. The summed E-state index contributed by atoms with van der Waals surface area (Å²) in [6.07, 6.45) is 3.36. The molecule has 25 heavy (non-hydrogen) atoms. The Morgan fingerprint density at radius 1 is 1.12 bits per heavy atom. The molecule has 5 heteroatoms. The predicted octanol–water partition coefficient (Wildman–Crippen LogP) is 5.82. The molecule has 0 spiro atoms. The lowest BCUT2D eigenvalue weighted by Crippen LogP contribution is -2.10. The Balaban J connectivity index is 1.61. The number of carbonyl (C=O) groups excluding carboxylic acids is 1. The van der Waals surface area contributed by atoms with Crippen LogP contribution in [0, 0.1) is 0 Å². The van der Waals surface area contributed by atoms with E-state index in [9.17, 15) is 4.79 Å². The number of aromatic nitrogens is 1. The minimum atomic E-state index is -0.174. The second-order valence-corrected chi connectivity index (χ2v) is 8.52. The summed E-state index contributed by atoms with van der Waals surface area (Å²) in [6, 6.07) is 12.3. The zero-order chi connectivity index (χ0) is 17.9. The van der Waals surface area contributed by atoms with Crippen molar-refractivity contribution in [2.45, 2.75) is 26.2 Å². The molecule has 0 radical (unpaired) electrons. The van der Waals surface area contributed by atoms with Crippen molar-refractivity contribution in [1.29, 1.82) is 0 Å². The van der Waals surface area contributed by atoms with Crippen molar-refractivity contribution in [2.75, 3.05) is 5.32 Å². The van der Waals surface area contributed by atoms with Crippen molar-refractivity contribution >= 4 is 39.8 Å². The van der Waals surface area contributed by atoms with E-state index < -0.39 is 0 Å². The fourth-order valence-electron chi connectivity index (χ4n) is 2.28. The molecular formula is C20H20N2OS2. The lowest BCUT2D eigenvalue weighted by molar-refractivity contribution is -0.111. The summed E-state index contributed by atoms with van der Waals surface area (Å²) in [5, 5.41) is 7.40. The van der Waals surface area contributed by atoms with Crippen LogP contribution in [0.25, 0.3) is 16.6 Å². The second kappa shape index (κ2) is 7.33. The number of thiophene rings is 1. The van der Waals surface area contributed by atoms with E-state index >= 15 is 0 Å². The molecule has 128 valence electrons. The number of rotatable bonds is 4. The highest BCUT2D eigenvalue weighted by molar-refractivity contribution is 7.16. The third kappa shape index (κ3) is 4.65. The molecule has 0 saturated heterocycles. The smallest absolute Gasteiger partial charge is 0.250 e. The number of thiazole rings is 1. The fourth-order valence-corrected chi connectivity index (χ4v) is 3.76. The van der Waals surface area contributed by atoms with E-state index in [0.29, 0.717) is 5.13 Å². The predicted molar refractivity (Wildman–Crippen MR) is 108 cm³/mol. The molecule has 1 aromatic carbocycles. The van der Waals surface area contributed by atoms with Crippen molar-refractivity contribution < 1.29 is 4.79 Å². The second-order valence-electron chi connectivity index (χ2n) is 6.71. The summed E-state index contributed by atoms with van der Waals surface area (Å²) < 4.78 is 0. The van der Waals surface area contributed by atoms with E-state index in [2.05, 4.69) is 43.2 Å². The zero-order valence-electron chi connectivity index (χ0n) is 14.4. The molecule has 0 aliphatic rings. The summed E-state index contributed by atoms with van der Waals surface area (Å²) in [5.74, 6) is -0.174. The van der Waals surface area contributed by atoms with Crippen molar-refractivity contribution in [3.8, 4) is 10.6 Å². The van der Waals surface area contributed by atoms with Crippen LogP contribution in [0.2, 0.25) is 0 Å². The van der Waals surface area contributed by atoms with Gasteiger partial charge in [-0.25, -0.2) is 4.98 Å². The van der Waals surface area contributed by atoms with Crippen LogP contribution in [0.4, 0.5) is 5.13 Å². The lowest BCUT2D eigenvalue weighted by Gasteiger charge is -2.18. The summed E-state index contributed by atoms with van der Waals surface area (Å²) in [7, 11) is 0. The van der Waals surface area contributed by atoms with Crippen LogP contribution < -0.4 is 5.32 Å². The first-order valence-corrected chi connectivity index (χ1v) is 9.77. The Labute approximate surface area is 156 Å². The maximum atomic E-state index is 12.1. The molecule has 1 N–H and O–H groups in total. The molecule has 0 fully saturated rings. The third-order valence-electron chi connectivity index (χ3n) is 3.71. The molecule has 2 heterocycles. The van der Waals surface area contributed by atoms with Crippen molar-refractivity contribution in [2.24, 2.45) is 0 Å². The van der Waals surface area contributed by atoms with Gasteiger partial charge in [-0.05, 0) is 34.1 Å². The van der Waals surface area contributed by atoms with Gasteiger partial charge in [-0.1, -0.05) is 51.1 Å². The number of hydrogen-bond donors (Lipinski definition) is 1. The van der Waals surface area contributed by atoms with Gasteiger partial charge in [-0.15, -0.1) is 22.7 Å². The topological polar surface area (TPSA) is 42.0 Å². The van der Waals surface area contributed by atoms with E-state index in [1.54, 1.807) is 11.3 Å². The molecule has 0 aliphatic heterocycles. The van der Waals surface area contributed by atoms with E-state index in [4.69, 9.17) is 0 Å². The number of carbonyl (C=O) groups is 1. The van der Waals surface area contributed by atoms with Crippen molar-refractivity contribution in [3.63, 3.8) is 0 Å². The standard InChI is InChI=1S/C20H20N2OS2/c1-20(2,3)15-9-6-14(7-10-15)8-11-18(23)22-19-21-16(13-25-19)17-5-4-12-24-17/h4-13H,1-3H3,(H,21,22,23). The Kier molecular flexibility index (Phi) is 5.16. The van der Waals surface area contributed by atoms with Crippen LogP contribution in [0.5, 0.6) is 0 Å². The Hall–Kier alpha value is -2.24. The van der Waals surface area contributed by atoms with Crippen LogP contribution in [-0.4, -0.2) is 10.9 Å². The Morgan fingerprint density at radius 2 is 1.88 bits per heavy atom.